The molecule has 0 radical (unpaired) electrons. The van der Waals surface area contributed by atoms with Crippen LogP contribution >= 0.6 is 11.8 Å². The van der Waals surface area contributed by atoms with Crippen molar-refractivity contribution in [1.29, 1.82) is 0 Å². The van der Waals surface area contributed by atoms with Crippen molar-refractivity contribution in [2.24, 2.45) is 0 Å². The Hall–Kier alpha value is -2.73. The van der Waals surface area contributed by atoms with Crippen molar-refractivity contribution in [3.8, 4) is 0 Å². The number of aromatic nitrogens is 1. The molecule has 1 aliphatic heterocycles. The molecule has 25 heavy (non-hydrogen) atoms. The van der Waals surface area contributed by atoms with Crippen LogP contribution in [0.4, 0.5) is 0 Å². The van der Waals surface area contributed by atoms with Gasteiger partial charge in [0.2, 0.25) is 0 Å². The first kappa shape index (κ1) is 15.8. The topological polar surface area (TPSA) is 65.2 Å². The minimum absolute atomic E-state index is 0.0965. The predicted molar refractivity (Wildman–Crippen MR) is 99.0 cm³/mol. The maximum absolute atomic E-state index is 12.5. The van der Waals surface area contributed by atoms with E-state index in [0.717, 1.165) is 22.0 Å². The van der Waals surface area contributed by atoms with Gasteiger partial charge in [-0.15, -0.1) is 11.8 Å². The molecule has 5 nitrogen and oxygen atoms in total. The minimum Gasteiger partial charge on any atom is -0.361 e. The van der Waals surface area contributed by atoms with Gasteiger partial charge in [0, 0.05) is 28.2 Å². The number of para-hydroxylation sites is 1. The Morgan fingerprint density at radius 3 is 2.76 bits per heavy atom. The van der Waals surface area contributed by atoms with Crippen LogP contribution in [0, 0.1) is 6.92 Å². The third-order valence-electron chi connectivity index (χ3n) is 4.29. The van der Waals surface area contributed by atoms with Crippen molar-refractivity contribution in [2.75, 3.05) is 5.75 Å². The Balaban J connectivity index is 1.62. The van der Waals surface area contributed by atoms with Gasteiger partial charge in [-0.3, -0.25) is 15.0 Å². The van der Waals surface area contributed by atoms with Crippen LogP contribution in [0.15, 0.2) is 54.7 Å². The van der Waals surface area contributed by atoms with Gasteiger partial charge in [0.25, 0.3) is 11.8 Å². The lowest BCUT2D eigenvalue weighted by Crippen LogP contribution is -2.44. The summed E-state index contributed by atoms with van der Waals surface area (Å²) in [6.45, 7) is 1.97. The number of thioether (sulfide) groups is 1. The van der Waals surface area contributed by atoms with Crippen LogP contribution in [0.5, 0.6) is 0 Å². The zero-order chi connectivity index (χ0) is 17.4. The van der Waals surface area contributed by atoms with Crippen molar-refractivity contribution in [1.82, 2.24) is 15.4 Å². The van der Waals surface area contributed by atoms with Gasteiger partial charge in [-0.1, -0.05) is 35.9 Å². The summed E-state index contributed by atoms with van der Waals surface area (Å²) < 4.78 is 0. The number of benzene rings is 2. The van der Waals surface area contributed by atoms with Crippen molar-refractivity contribution in [3.05, 3.63) is 71.4 Å². The summed E-state index contributed by atoms with van der Waals surface area (Å²) in [4.78, 5) is 28.1. The Morgan fingerprint density at radius 1 is 1.20 bits per heavy atom. The summed E-state index contributed by atoms with van der Waals surface area (Å²) in [5, 5.41) is 2.27. The lowest BCUT2D eigenvalue weighted by Gasteiger charge is -2.24. The van der Waals surface area contributed by atoms with Gasteiger partial charge in [0.1, 0.15) is 5.37 Å². The van der Waals surface area contributed by atoms with Gasteiger partial charge in [0.05, 0.1) is 5.75 Å². The van der Waals surface area contributed by atoms with Gasteiger partial charge >= 0.3 is 0 Å². The Kier molecular flexibility index (Phi) is 3.97. The molecule has 1 aromatic heterocycles. The number of carbonyl (C=O) groups excluding carboxylic acids is 2. The molecule has 0 saturated carbocycles. The number of aromatic amines is 1. The molecule has 4 rings (SSSR count). The second kappa shape index (κ2) is 6.29. The van der Waals surface area contributed by atoms with Gasteiger partial charge in [-0.25, -0.2) is 5.01 Å². The third kappa shape index (κ3) is 2.89. The number of H-pyrrole nitrogens is 1. The zero-order valence-corrected chi connectivity index (χ0v) is 14.5. The van der Waals surface area contributed by atoms with Crippen LogP contribution in [0.3, 0.4) is 0 Å². The third-order valence-corrected chi connectivity index (χ3v) is 5.49. The molecule has 3 aromatic rings. The molecule has 0 unspecified atom stereocenters. The molecule has 6 heteroatoms. The Morgan fingerprint density at radius 2 is 1.96 bits per heavy atom. The molecule has 1 aliphatic rings. The maximum atomic E-state index is 12.5. The number of hydrogen-bond donors (Lipinski definition) is 2. The van der Waals surface area contributed by atoms with Crippen molar-refractivity contribution in [3.63, 3.8) is 0 Å². The highest BCUT2D eigenvalue weighted by atomic mass is 32.2. The second-order valence-electron chi connectivity index (χ2n) is 6.02. The highest BCUT2D eigenvalue weighted by molar-refractivity contribution is 8.00. The molecule has 1 saturated heterocycles. The van der Waals surface area contributed by atoms with Crippen molar-refractivity contribution < 1.29 is 9.59 Å². The van der Waals surface area contributed by atoms with E-state index in [4.69, 9.17) is 0 Å². The SMILES string of the molecule is Cc1ccc(C(=O)NN2C(=O)CS[C@H]2c2c[nH]c3ccccc23)cc1. The smallest absolute Gasteiger partial charge is 0.269 e. The van der Waals surface area contributed by atoms with E-state index in [9.17, 15) is 9.59 Å². The fourth-order valence-electron chi connectivity index (χ4n) is 2.95. The molecule has 0 aliphatic carbocycles. The van der Waals surface area contributed by atoms with Crippen molar-refractivity contribution in [2.45, 2.75) is 12.3 Å². The summed E-state index contributed by atoms with van der Waals surface area (Å²) in [6, 6.07) is 15.2. The highest BCUT2D eigenvalue weighted by Crippen LogP contribution is 2.40. The van der Waals surface area contributed by atoms with Gasteiger partial charge in [0.15, 0.2) is 0 Å². The predicted octanol–water partition coefficient (Wildman–Crippen LogP) is 3.40. The Labute approximate surface area is 149 Å². The number of hydrazine groups is 1. The second-order valence-corrected chi connectivity index (χ2v) is 7.09. The van der Waals surface area contributed by atoms with Crippen molar-refractivity contribution >= 4 is 34.5 Å². The molecule has 1 atom stereocenters. The summed E-state index contributed by atoms with van der Waals surface area (Å²) in [5.74, 6) is -0.0281. The number of aryl methyl sites for hydroxylation is 1. The number of nitrogens with zero attached hydrogens (tertiary/aromatic N) is 1. The van der Waals surface area contributed by atoms with E-state index in [1.807, 2.05) is 49.5 Å². The standard InChI is InChI=1S/C19H17N3O2S/c1-12-6-8-13(9-7-12)18(24)21-22-17(23)11-25-19(22)15-10-20-16-5-3-2-4-14(15)16/h2-10,19-20H,11H2,1H3,(H,21,24)/t19-/m0/s1. The zero-order valence-electron chi connectivity index (χ0n) is 13.7. The lowest BCUT2D eigenvalue weighted by molar-refractivity contribution is -0.130. The number of fused-ring (bicyclic) bond motifs is 1. The van der Waals surface area contributed by atoms with E-state index in [1.54, 1.807) is 12.1 Å². The molecular formula is C19H17N3O2S. The monoisotopic (exact) mass is 351 g/mol. The average molecular weight is 351 g/mol. The van der Waals surface area contributed by atoms with E-state index in [2.05, 4.69) is 10.4 Å². The molecule has 2 amide bonds. The fraction of sp³-hybridized carbons (Fsp3) is 0.158. The van der Waals surface area contributed by atoms with E-state index in [0.29, 0.717) is 11.3 Å². The largest absolute Gasteiger partial charge is 0.361 e. The van der Waals surface area contributed by atoms with Gasteiger partial charge in [-0.2, -0.15) is 0 Å². The molecule has 2 aromatic carbocycles. The van der Waals surface area contributed by atoms with Crippen LogP contribution < -0.4 is 5.43 Å². The van der Waals surface area contributed by atoms with Crippen LogP contribution in [-0.4, -0.2) is 27.6 Å². The quantitative estimate of drug-likeness (QED) is 0.760. The van der Waals surface area contributed by atoms with Crippen LogP contribution in [0.2, 0.25) is 0 Å². The molecule has 2 heterocycles. The normalized spacial score (nSPS) is 17.2. The molecule has 126 valence electrons. The number of rotatable bonds is 3. The van der Waals surface area contributed by atoms with E-state index < -0.39 is 0 Å². The summed E-state index contributed by atoms with van der Waals surface area (Å²) in [5.41, 5.74) is 6.41. The number of hydrogen-bond acceptors (Lipinski definition) is 3. The first-order chi connectivity index (χ1) is 12.1. The summed E-state index contributed by atoms with van der Waals surface area (Å²) in [6.07, 6.45) is 1.91. The average Bonchev–Trinajstić information content (AvgIpc) is 3.19. The highest BCUT2D eigenvalue weighted by Gasteiger charge is 2.35. The first-order valence-electron chi connectivity index (χ1n) is 8.01. The number of nitrogens with one attached hydrogen (secondary N) is 2. The molecular weight excluding hydrogens is 334 g/mol. The van der Waals surface area contributed by atoms with Gasteiger partial charge < -0.3 is 4.98 Å². The van der Waals surface area contributed by atoms with E-state index in [1.165, 1.54) is 16.8 Å². The summed E-state index contributed by atoms with van der Waals surface area (Å²) >= 11 is 1.51. The first-order valence-corrected chi connectivity index (χ1v) is 9.06. The maximum Gasteiger partial charge on any atom is 0.269 e. The number of amides is 2. The molecule has 0 spiro atoms. The number of carbonyl (C=O) groups is 2. The van der Waals surface area contributed by atoms with Crippen LogP contribution in [-0.2, 0) is 4.79 Å². The van der Waals surface area contributed by atoms with E-state index in [-0.39, 0.29) is 17.2 Å². The minimum atomic E-state index is -0.277. The van der Waals surface area contributed by atoms with Crippen LogP contribution in [0.25, 0.3) is 10.9 Å². The fourth-order valence-corrected chi connectivity index (χ4v) is 4.09. The molecule has 0 bridgehead atoms. The molecule has 1 fully saturated rings. The van der Waals surface area contributed by atoms with Crippen LogP contribution in [0.1, 0.15) is 26.9 Å². The Bertz CT molecular complexity index is 949. The van der Waals surface area contributed by atoms with E-state index >= 15 is 0 Å². The molecule has 2 N–H and O–H groups in total. The summed E-state index contributed by atoms with van der Waals surface area (Å²) in [7, 11) is 0. The lowest BCUT2D eigenvalue weighted by atomic mass is 10.1. The van der Waals surface area contributed by atoms with Gasteiger partial charge in [-0.05, 0) is 25.1 Å².